The zero-order valence-electron chi connectivity index (χ0n) is 13.6. The van der Waals surface area contributed by atoms with Crippen LogP contribution < -0.4 is 11.1 Å². The first-order chi connectivity index (χ1) is 10.5. The van der Waals surface area contributed by atoms with Crippen molar-refractivity contribution in [3.8, 4) is 0 Å². The number of rotatable bonds is 2. The SMILES string of the molecule is CC/C=C1\c2cc(C)ccc2NC2C(C(N)=O)C(C)CCN12. The van der Waals surface area contributed by atoms with Gasteiger partial charge in [0.25, 0.3) is 0 Å². The highest BCUT2D eigenvalue weighted by Gasteiger charge is 2.43. The highest BCUT2D eigenvalue weighted by molar-refractivity contribution is 5.83. The largest absolute Gasteiger partial charge is 0.369 e. The minimum absolute atomic E-state index is 0.0331. The predicted molar refractivity (Wildman–Crippen MR) is 90.0 cm³/mol. The standard InChI is InChI=1S/C18H25N3O/c1-4-5-15-13-10-11(2)6-7-14(13)20-18-16(17(19)22)12(3)8-9-21(15)18/h5-7,10,12,16,18,20H,4,8-9H2,1-3H3,(H2,19,22)/b15-5+. The molecular weight excluding hydrogens is 274 g/mol. The predicted octanol–water partition coefficient (Wildman–Crippen LogP) is 2.94. The van der Waals surface area contributed by atoms with Crippen LogP contribution in [-0.2, 0) is 4.79 Å². The minimum Gasteiger partial charge on any atom is -0.369 e. The maximum atomic E-state index is 12.0. The van der Waals surface area contributed by atoms with Gasteiger partial charge >= 0.3 is 0 Å². The third kappa shape index (κ3) is 2.36. The van der Waals surface area contributed by atoms with Crippen molar-refractivity contribution in [1.29, 1.82) is 0 Å². The van der Waals surface area contributed by atoms with Crippen molar-refractivity contribution in [3.05, 3.63) is 35.4 Å². The zero-order chi connectivity index (χ0) is 15.9. The van der Waals surface area contributed by atoms with E-state index in [2.05, 4.69) is 55.3 Å². The van der Waals surface area contributed by atoms with Crippen molar-refractivity contribution >= 4 is 17.3 Å². The van der Waals surface area contributed by atoms with E-state index in [4.69, 9.17) is 5.73 Å². The molecule has 1 aromatic rings. The number of benzene rings is 1. The van der Waals surface area contributed by atoms with Gasteiger partial charge in [-0.15, -0.1) is 0 Å². The molecule has 1 fully saturated rings. The van der Waals surface area contributed by atoms with E-state index >= 15 is 0 Å². The lowest BCUT2D eigenvalue weighted by Gasteiger charge is -2.49. The van der Waals surface area contributed by atoms with Crippen LogP contribution in [0.15, 0.2) is 24.3 Å². The van der Waals surface area contributed by atoms with Crippen molar-refractivity contribution in [3.63, 3.8) is 0 Å². The molecule has 3 N–H and O–H groups in total. The molecule has 22 heavy (non-hydrogen) atoms. The monoisotopic (exact) mass is 299 g/mol. The van der Waals surface area contributed by atoms with Crippen molar-refractivity contribution < 1.29 is 4.79 Å². The van der Waals surface area contributed by atoms with Crippen LogP contribution in [-0.4, -0.2) is 23.5 Å². The van der Waals surface area contributed by atoms with Crippen LogP contribution >= 0.6 is 0 Å². The summed E-state index contributed by atoms with van der Waals surface area (Å²) in [7, 11) is 0. The quantitative estimate of drug-likeness (QED) is 0.882. The summed E-state index contributed by atoms with van der Waals surface area (Å²) in [5.41, 5.74) is 10.5. The number of carbonyl (C=O) groups excluding carboxylic acids is 1. The van der Waals surface area contributed by atoms with Gasteiger partial charge in [-0.05, 0) is 37.8 Å². The molecule has 0 spiro atoms. The summed E-state index contributed by atoms with van der Waals surface area (Å²) in [4.78, 5) is 14.3. The van der Waals surface area contributed by atoms with E-state index in [0.717, 1.165) is 25.1 Å². The molecule has 1 saturated heterocycles. The molecule has 0 bridgehead atoms. The van der Waals surface area contributed by atoms with Gasteiger partial charge in [0, 0.05) is 23.5 Å². The number of hydrogen-bond acceptors (Lipinski definition) is 3. The van der Waals surface area contributed by atoms with Crippen LogP contribution in [0.3, 0.4) is 0 Å². The first-order valence-electron chi connectivity index (χ1n) is 8.16. The second-order valence-corrected chi connectivity index (χ2v) is 6.52. The highest BCUT2D eigenvalue weighted by atomic mass is 16.1. The Morgan fingerprint density at radius 2 is 2.27 bits per heavy atom. The summed E-state index contributed by atoms with van der Waals surface area (Å²) >= 11 is 0. The topological polar surface area (TPSA) is 58.4 Å². The van der Waals surface area contributed by atoms with Crippen LogP contribution in [0.4, 0.5) is 5.69 Å². The lowest BCUT2D eigenvalue weighted by molar-refractivity contribution is -0.126. The van der Waals surface area contributed by atoms with Crippen LogP contribution in [0.25, 0.3) is 5.70 Å². The number of fused-ring (bicyclic) bond motifs is 2. The summed E-state index contributed by atoms with van der Waals surface area (Å²) in [6.45, 7) is 7.35. The number of anilines is 1. The molecule has 3 atom stereocenters. The van der Waals surface area contributed by atoms with Gasteiger partial charge in [0.05, 0.1) is 5.92 Å². The molecule has 3 unspecified atom stereocenters. The first-order valence-corrected chi connectivity index (χ1v) is 8.16. The zero-order valence-corrected chi connectivity index (χ0v) is 13.6. The minimum atomic E-state index is -0.207. The number of primary amides is 1. The van der Waals surface area contributed by atoms with E-state index in [1.807, 2.05) is 0 Å². The van der Waals surface area contributed by atoms with E-state index in [1.54, 1.807) is 0 Å². The van der Waals surface area contributed by atoms with Crippen LogP contribution in [0.5, 0.6) is 0 Å². The average Bonchev–Trinajstić information content (AvgIpc) is 2.47. The number of allylic oxidation sites excluding steroid dienone is 1. The molecule has 118 valence electrons. The molecule has 1 aromatic carbocycles. The molecule has 4 heteroatoms. The summed E-state index contributed by atoms with van der Waals surface area (Å²) in [6, 6.07) is 6.44. The summed E-state index contributed by atoms with van der Waals surface area (Å²) in [5, 5.41) is 3.56. The van der Waals surface area contributed by atoms with Crippen molar-refractivity contribution in [2.45, 2.75) is 39.8 Å². The van der Waals surface area contributed by atoms with Crippen molar-refractivity contribution in [2.75, 3.05) is 11.9 Å². The molecule has 4 nitrogen and oxygen atoms in total. The molecule has 0 aliphatic carbocycles. The number of amides is 1. The van der Waals surface area contributed by atoms with Gasteiger partial charge in [0.15, 0.2) is 0 Å². The van der Waals surface area contributed by atoms with Gasteiger partial charge in [-0.25, -0.2) is 0 Å². The van der Waals surface area contributed by atoms with E-state index in [9.17, 15) is 4.79 Å². The number of piperidine rings is 1. The van der Waals surface area contributed by atoms with Crippen molar-refractivity contribution in [2.24, 2.45) is 17.6 Å². The van der Waals surface area contributed by atoms with E-state index in [-0.39, 0.29) is 18.0 Å². The molecule has 0 radical (unpaired) electrons. The molecule has 2 heterocycles. The maximum absolute atomic E-state index is 12.0. The lowest BCUT2D eigenvalue weighted by Crippen LogP contribution is -2.57. The molecule has 3 rings (SSSR count). The molecule has 0 saturated carbocycles. The van der Waals surface area contributed by atoms with Crippen LogP contribution in [0, 0.1) is 18.8 Å². The fraction of sp³-hybridized carbons (Fsp3) is 0.500. The maximum Gasteiger partial charge on any atom is 0.224 e. The van der Waals surface area contributed by atoms with Crippen LogP contribution in [0.2, 0.25) is 0 Å². The smallest absolute Gasteiger partial charge is 0.224 e. The third-order valence-corrected chi connectivity index (χ3v) is 4.90. The first kappa shape index (κ1) is 14.9. The van der Waals surface area contributed by atoms with E-state index < -0.39 is 0 Å². The summed E-state index contributed by atoms with van der Waals surface area (Å²) in [5.74, 6) is -0.0642. The Labute approximate surface area is 132 Å². The normalized spacial score (nSPS) is 28.8. The summed E-state index contributed by atoms with van der Waals surface area (Å²) < 4.78 is 0. The second kappa shape index (κ2) is 5.67. The fourth-order valence-electron chi connectivity index (χ4n) is 3.77. The Morgan fingerprint density at radius 1 is 1.50 bits per heavy atom. The Balaban J connectivity index is 2.09. The summed E-state index contributed by atoms with van der Waals surface area (Å²) in [6.07, 6.45) is 4.20. The van der Waals surface area contributed by atoms with Gasteiger partial charge in [0.1, 0.15) is 6.17 Å². The molecule has 1 amide bonds. The van der Waals surface area contributed by atoms with Gasteiger partial charge in [0.2, 0.25) is 5.91 Å². The highest BCUT2D eigenvalue weighted by Crippen LogP contribution is 2.41. The number of aryl methyl sites for hydroxylation is 1. The lowest BCUT2D eigenvalue weighted by atomic mass is 9.81. The molecule has 2 aliphatic rings. The number of nitrogens with one attached hydrogen (secondary N) is 1. The number of hydrogen-bond donors (Lipinski definition) is 2. The number of carbonyl (C=O) groups is 1. The molecule has 2 aliphatic heterocycles. The van der Waals surface area contributed by atoms with Gasteiger partial charge in [-0.2, -0.15) is 0 Å². The molecular formula is C18H25N3O. The average molecular weight is 299 g/mol. The fourth-order valence-corrected chi connectivity index (χ4v) is 3.77. The van der Waals surface area contributed by atoms with E-state index in [0.29, 0.717) is 5.92 Å². The van der Waals surface area contributed by atoms with E-state index in [1.165, 1.54) is 16.8 Å². The van der Waals surface area contributed by atoms with Gasteiger partial charge in [-0.3, -0.25) is 4.79 Å². The molecule has 0 aromatic heterocycles. The third-order valence-electron chi connectivity index (χ3n) is 4.90. The van der Waals surface area contributed by atoms with Crippen LogP contribution in [0.1, 0.15) is 37.8 Å². The van der Waals surface area contributed by atoms with Gasteiger partial charge < -0.3 is 16.0 Å². The number of nitrogens with two attached hydrogens (primary N) is 1. The number of nitrogens with zero attached hydrogens (tertiary/aromatic N) is 1. The Kier molecular flexibility index (Phi) is 3.85. The Hall–Kier alpha value is -1.97. The Morgan fingerprint density at radius 3 is 2.95 bits per heavy atom. The Bertz CT molecular complexity index is 623. The van der Waals surface area contributed by atoms with Gasteiger partial charge in [-0.1, -0.05) is 31.6 Å². The van der Waals surface area contributed by atoms with Crippen molar-refractivity contribution in [1.82, 2.24) is 4.90 Å². The second-order valence-electron chi connectivity index (χ2n) is 6.52.